The molecule has 0 aliphatic carbocycles. The second-order valence-electron chi connectivity index (χ2n) is 6.75. The van der Waals surface area contributed by atoms with Crippen LogP contribution >= 0.6 is 11.6 Å². The van der Waals surface area contributed by atoms with E-state index in [0.29, 0.717) is 18.1 Å². The Labute approximate surface area is 147 Å². The van der Waals surface area contributed by atoms with Crippen LogP contribution in [-0.4, -0.2) is 64.9 Å². The summed E-state index contributed by atoms with van der Waals surface area (Å²) in [7, 11) is 0. The molecule has 2 aliphatic heterocycles. The molecule has 3 heterocycles. The minimum Gasteiger partial charge on any atom is -0.396 e. The second kappa shape index (κ2) is 7.25. The van der Waals surface area contributed by atoms with Gasteiger partial charge in [-0.2, -0.15) is 0 Å². The van der Waals surface area contributed by atoms with Gasteiger partial charge in [0.2, 0.25) is 5.91 Å². The van der Waals surface area contributed by atoms with Crippen molar-refractivity contribution in [1.82, 2.24) is 9.88 Å². The van der Waals surface area contributed by atoms with Crippen molar-refractivity contribution in [3.05, 3.63) is 23.4 Å². The lowest BCUT2D eigenvalue weighted by Gasteiger charge is -2.54. The highest BCUT2D eigenvalue weighted by Gasteiger charge is 2.49. The third kappa shape index (κ3) is 3.23. The van der Waals surface area contributed by atoms with Gasteiger partial charge < -0.3 is 20.0 Å². The number of hydrogen-bond donors (Lipinski definition) is 2. The van der Waals surface area contributed by atoms with Gasteiger partial charge in [-0.25, -0.2) is 4.98 Å². The van der Waals surface area contributed by atoms with Gasteiger partial charge in [-0.05, 0) is 31.4 Å². The normalized spacial score (nSPS) is 27.0. The number of halogens is 1. The largest absolute Gasteiger partial charge is 0.396 e. The topological polar surface area (TPSA) is 76.9 Å². The van der Waals surface area contributed by atoms with Gasteiger partial charge in [0, 0.05) is 43.7 Å². The maximum absolute atomic E-state index is 12.3. The second-order valence-corrected chi connectivity index (χ2v) is 7.18. The summed E-state index contributed by atoms with van der Waals surface area (Å²) in [6, 6.07) is 3.74. The van der Waals surface area contributed by atoms with Crippen LogP contribution in [-0.2, 0) is 4.79 Å². The Hall–Kier alpha value is -1.37. The van der Waals surface area contributed by atoms with Crippen molar-refractivity contribution in [3.8, 4) is 0 Å². The Bertz CT molecular complexity index is 583. The fraction of sp³-hybridized carbons (Fsp3) is 0.647. The molecule has 0 unspecified atom stereocenters. The summed E-state index contributed by atoms with van der Waals surface area (Å²) in [5, 5.41) is 19.8. The van der Waals surface area contributed by atoms with Gasteiger partial charge in [0.1, 0.15) is 5.82 Å². The molecule has 0 saturated carbocycles. The molecule has 7 heteroatoms. The summed E-state index contributed by atoms with van der Waals surface area (Å²) < 4.78 is 0. The summed E-state index contributed by atoms with van der Waals surface area (Å²) in [6.45, 7) is 2.08. The third-order valence-electron chi connectivity index (χ3n) is 5.33. The zero-order chi connectivity index (χ0) is 17.2. The van der Waals surface area contributed by atoms with E-state index in [1.165, 1.54) is 0 Å². The first kappa shape index (κ1) is 17.5. The van der Waals surface area contributed by atoms with Crippen molar-refractivity contribution < 1.29 is 15.0 Å². The lowest BCUT2D eigenvalue weighted by atomic mass is 9.69. The maximum atomic E-state index is 12.3. The fourth-order valence-corrected chi connectivity index (χ4v) is 4.27. The molecule has 0 radical (unpaired) electrons. The first-order chi connectivity index (χ1) is 11.6. The Morgan fingerprint density at radius 1 is 1.38 bits per heavy atom. The van der Waals surface area contributed by atoms with Crippen LogP contribution < -0.4 is 4.90 Å². The molecule has 24 heavy (non-hydrogen) atoms. The Balaban J connectivity index is 1.81. The molecule has 2 fully saturated rings. The van der Waals surface area contributed by atoms with Crippen molar-refractivity contribution in [3.63, 3.8) is 0 Å². The number of fused-ring (bicyclic) bond motifs is 1. The number of piperidine rings is 2. The smallest absolute Gasteiger partial charge is 0.225 e. The summed E-state index contributed by atoms with van der Waals surface area (Å²) in [6.07, 6.45) is 4.34. The minimum absolute atomic E-state index is 0.0157. The molecule has 0 aromatic carbocycles. The van der Waals surface area contributed by atoms with Crippen LogP contribution in [0.2, 0.25) is 5.02 Å². The summed E-state index contributed by atoms with van der Waals surface area (Å²) >= 11 is 5.91. The molecule has 1 aromatic heterocycles. The number of likely N-dealkylation sites (tertiary alicyclic amines) is 1. The number of carbonyl (C=O) groups excluding carboxylic acids is 1. The standard InChI is InChI=1S/C17H24ClN3O3/c18-13-2-3-15(19-10-13)20-8-4-14-17(11-20,12-23)6-1-7-21(14)16(24)5-9-22/h2-3,10,14,22-23H,1,4-9,11-12H2/t14-,17-/m1/s1. The van der Waals surface area contributed by atoms with Crippen molar-refractivity contribution in [2.45, 2.75) is 31.7 Å². The van der Waals surface area contributed by atoms with E-state index in [0.717, 1.165) is 31.6 Å². The lowest BCUT2D eigenvalue weighted by molar-refractivity contribution is -0.143. The summed E-state index contributed by atoms with van der Waals surface area (Å²) in [4.78, 5) is 20.8. The molecule has 0 spiro atoms. The first-order valence-corrected chi connectivity index (χ1v) is 8.85. The molecule has 1 amide bonds. The monoisotopic (exact) mass is 353 g/mol. The number of anilines is 1. The van der Waals surface area contributed by atoms with Gasteiger partial charge in [-0.3, -0.25) is 4.79 Å². The molecule has 132 valence electrons. The molecular weight excluding hydrogens is 330 g/mol. The summed E-state index contributed by atoms with van der Waals surface area (Å²) in [5.41, 5.74) is -0.330. The summed E-state index contributed by atoms with van der Waals surface area (Å²) in [5.74, 6) is 0.836. The van der Waals surface area contributed by atoms with Crippen LogP contribution in [0.15, 0.2) is 18.3 Å². The highest BCUT2D eigenvalue weighted by molar-refractivity contribution is 6.30. The number of aliphatic hydroxyl groups excluding tert-OH is 2. The lowest BCUT2D eigenvalue weighted by Crippen LogP contribution is -2.63. The molecule has 0 bridgehead atoms. The quantitative estimate of drug-likeness (QED) is 0.853. The first-order valence-electron chi connectivity index (χ1n) is 8.47. The number of pyridine rings is 1. The van der Waals surface area contributed by atoms with Crippen LogP contribution in [0.5, 0.6) is 0 Å². The van der Waals surface area contributed by atoms with Crippen molar-refractivity contribution in [1.29, 1.82) is 0 Å². The molecule has 2 aliphatic rings. The van der Waals surface area contributed by atoms with Crippen LogP contribution in [0.3, 0.4) is 0 Å². The Morgan fingerprint density at radius 3 is 2.88 bits per heavy atom. The van der Waals surface area contributed by atoms with Crippen LogP contribution in [0, 0.1) is 5.41 Å². The number of hydrogen-bond acceptors (Lipinski definition) is 5. The van der Waals surface area contributed by atoms with E-state index in [9.17, 15) is 9.90 Å². The maximum Gasteiger partial charge on any atom is 0.225 e. The number of aliphatic hydroxyl groups is 2. The molecule has 6 nitrogen and oxygen atoms in total. The number of carbonyl (C=O) groups is 1. The molecule has 2 N–H and O–H groups in total. The van der Waals surface area contributed by atoms with Gasteiger partial charge in [0.25, 0.3) is 0 Å². The minimum atomic E-state index is -0.330. The number of amides is 1. The Morgan fingerprint density at radius 2 is 2.21 bits per heavy atom. The predicted octanol–water partition coefficient (Wildman–Crippen LogP) is 1.30. The number of aromatic nitrogens is 1. The van der Waals surface area contributed by atoms with Gasteiger partial charge in [0.05, 0.1) is 18.2 Å². The van der Waals surface area contributed by atoms with Crippen molar-refractivity contribution in [2.24, 2.45) is 5.41 Å². The Kier molecular flexibility index (Phi) is 5.27. The SMILES string of the molecule is O=C(CCO)N1CCC[C@]2(CO)CN(c3ccc(Cl)cn3)CC[C@@H]12. The van der Waals surface area contributed by atoms with Crippen LogP contribution in [0.1, 0.15) is 25.7 Å². The zero-order valence-electron chi connectivity index (χ0n) is 13.7. The fourth-order valence-electron chi connectivity index (χ4n) is 4.16. The highest BCUT2D eigenvalue weighted by atomic mass is 35.5. The van der Waals surface area contributed by atoms with E-state index in [1.54, 1.807) is 6.20 Å². The van der Waals surface area contributed by atoms with E-state index in [2.05, 4.69) is 9.88 Å². The van der Waals surface area contributed by atoms with Crippen molar-refractivity contribution in [2.75, 3.05) is 37.7 Å². The average molecular weight is 354 g/mol. The van der Waals surface area contributed by atoms with E-state index in [4.69, 9.17) is 16.7 Å². The third-order valence-corrected chi connectivity index (χ3v) is 5.56. The molecule has 2 atom stereocenters. The van der Waals surface area contributed by atoms with Gasteiger partial charge in [-0.1, -0.05) is 11.6 Å². The molecule has 3 rings (SSSR count). The predicted molar refractivity (Wildman–Crippen MR) is 92.0 cm³/mol. The van der Waals surface area contributed by atoms with Crippen molar-refractivity contribution >= 4 is 23.3 Å². The van der Waals surface area contributed by atoms with Gasteiger partial charge in [-0.15, -0.1) is 0 Å². The number of rotatable bonds is 4. The highest BCUT2D eigenvalue weighted by Crippen LogP contribution is 2.42. The molecule has 2 saturated heterocycles. The average Bonchev–Trinajstić information content (AvgIpc) is 2.61. The molecule has 1 aromatic rings. The van der Waals surface area contributed by atoms with Crippen LogP contribution in [0.4, 0.5) is 5.82 Å². The van der Waals surface area contributed by atoms with E-state index < -0.39 is 0 Å². The van der Waals surface area contributed by atoms with Gasteiger partial charge >= 0.3 is 0 Å². The van der Waals surface area contributed by atoms with E-state index >= 15 is 0 Å². The zero-order valence-corrected chi connectivity index (χ0v) is 14.5. The van der Waals surface area contributed by atoms with E-state index in [-0.39, 0.29) is 37.0 Å². The number of nitrogens with zero attached hydrogens (tertiary/aromatic N) is 3. The van der Waals surface area contributed by atoms with E-state index in [1.807, 2.05) is 17.0 Å². The van der Waals surface area contributed by atoms with Crippen LogP contribution in [0.25, 0.3) is 0 Å². The van der Waals surface area contributed by atoms with Gasteiger partial charge in [0.15, 0.2) is 0 Å². The molecular formula is C17H24ClN3O3.